The van der Waals surface area contributed by atoms with Gasteiger partial charge in [-0.15, -0.1) is 0 Å². The Kier molecular flexibility index (Phi) is 4.73. The van der Waals surface area contributed by atoms with Crippen LogP contribution in [-0.4, -0.2) is 59.3 Å². The molecule has 0 amide bonds. The second-order valence-electron chi connectivity index (χ2n) is 4.28. The van der Waals surface area contributed by atoms with E-state index in [9.17, 15) is 4.79 Å². The lowest BCUT2D eigenvalue weighted by Crippen LogP contribution is -2.33. The van der Waals surface area contributed by atoms with E-state index in [-0.39, 0.29) is 12.2 Å². The molecule has 0 saturated carbocycles. The number of rotatable bonds is 3. The highest BCUT2D eigenvalue weighted by atomic mass is 79.9. The SMILES string of the molecule is O=c1[nH]cnc(N2CCCN(CCO)CC2)c1Br. The van der Waals surface area contributed by atoms with Gasteiger partial charge in [0.1, 0.15) is 10.3 Å². The van der Waals surface area contributed by atoms with Gasteiger partial charge in [0, 0.05) is 26.2 Å². The summed E-state index contributed by atoms with van der Waals surface area (Å²) in [4.78, 5) is 22.6. The minimum Gasteiger partial charge on any atom is -0.395 e. The highest BCUT2D eigenvalue weighted by Gasteiger charge is 2.18. The molecule has 100 valence electrons. The third-order valence-electron chi connectivity index (χ3n) is 3.08. The maximum absolute atomic E-state index is 11.5. The highest BCUT2D eigenvalue weighted by molar-refractivity contribution is 9.10. The zero-order valence-corrected chi connectivity index (χ0v) is 11.7. The molecule has 0 aliphatic carbocycles. The third kappa shape index (κ3) is 3.09. The quantitative estimate of drug-likeness (QED) is 0.823. The van der Waals surface area contributed by atoms with Crippen molar-refractivity contribution in [3.8, 4) is 0 Å². The number of β-amino-alcohol motifs (C(OH)–C–C–N with tert-alkyl or cyclic N) is 1. The second kappa shape index (κ2) is 6.31. The van der Waals surface area contributed by atoms with Crippen molar-refractivity contribution < 1.29 is 5.11 Å². The molecule has 0 bridgehead atoms. The van der Waals surface area contributed by atoms with Crippen molar-refractivity contribution in [2.45, 2.75) is 6.42 Å². The van der Waals surface area contributed by atoms with Crippen molar-refractivity contribution in [2.24, 2.45) is 0 Å². The Morgan fingerprint density at radius 1 is 1.39 bits per heavy atom. The van der Waals surface area contributed by atoms with Gasteiger partial charge in [0.05, 0.1) is 12.9 Å². The number of hydrogen-bond donors (Lipinski definition) is 2. The molecule has 2 N–H and O–H groups in total. The van der Waals surface area contributed by atoms with E-state index in [1.807, 2.05) is 0 Å². The van der Waals surface area contributed by atoms with E-state index in [1.54, 1.807) is 0 Å². The van der Waals surface area contributed by atoms with Gasteiger partial charge >= 0.3 is 0 Å². The molecular weight excluding hydrogens is 300 g/mol. The highest BCUT2D eigenvalue weighted by Crippen LogP contribution is 2.20. The lowest BCUT2D eigenvalue weighted by Gasteiger charge is -2.22. The van der Waals surface area contributed by atoms with E-state index in [2.05, 4.69) is 35.7 Å². The Hall–Kier alpha value is -0.920. The summed E-state index contributed by atoms with van der Waals surface area (Å²) in [6, 6.07) is 0. The van der Waals surface area contributed by atoms with E-state index < -0.39 is 0 Å². The van der Waals surface area contributed by atoms with Crippen LogP contribution in [0.1, 0.15) is 6.42 Å². The summed E-state index contributed by atoms with van der Waals surface area (Å²) in [6.45, 7) is 4.43. The van der Waals surface area contributed by atoms with Crippen LogP contribution in [0.2, 0.25) is 0 Å². The average Bonchev–Trinajstić information content (AvgIpc) is 2.59. The molecule has 0 unspecified atom stereocenters. The standard InChI is InChI=1S/C11H17BrN4O2/c12-9-10(13-8-14-11(9)18)16-3-1-2-15(4-5-16)6-7-17/h8,17H,1-7H2,(H,13,14,18). The van der Waals surface area contributed by atoms with Crippen LogP contribution in [0.15, 0.2) is 15.6 Å². The van der Waals surface area contributed by atoms with Gasteiger partial charge in [0.25, 0.3) is 5.56 Å². The fourth-order valence-corrected chi connectivity index (χ4v) is 2.61. The largest absolute Gasteiger partial charge is 0.395 e. The first-order valence-electron chi connectivity index (χ1n) is 6.03. The molecule has 18 heavy (non-hydrogen) atoms. The van der Waals surface area contributed by atoms with E-state index in [1.165, 1.54) is 6.33 Å². The summed E-state index contributed by atoms with van der Waals surface area (Å²) in [5.41, 5.74) is -0.156. The van der Waals surface area contributed by atoms with Gasteiger partial charge in [0.15, 0.2) is 0 Å². The van der Waals surface area contributed by atoms with Gasteiger partial charge in [-0.2, -0.15) is 0 Å². The van der Waals surface area contributed by atoms with Gasteiger partial charge in [0.2, 0.25) is 0 Å². The predicted octanol–water partition coefficient (Wildman–Crippen LogP) is 0.0368. The zero-order chi connectivity index (χ0) is 13.0. The molecule has 0 aromatic carbocycles. The van der Waals surface area contributed by atoms with Crippen LogP contribution in [0.25, 0.3) is 0 Å². The molecule has 2 rings (SSSR count). The van der Waals surface area contributed by atoms with Crippen LogP contribution >= 0.6 is 15.9 Å². The molecule has 1 fully saturated rings. The van der Waals surface area contributed by atoms with Gasteiger partial charge in [-0.25, -0.2) is 4.98 Å². The van der Waals surface area contributed by atoms with Crippen LogP contribution in [0, 0.1) is 0 Å². The van der Waals surface area contributed by atoms with Gasteiger partial charge in [-0.3, -0.25) is 9.69 Å². The lowest BCUT2D eigenvalue weighted by molar-refractivity contribution is 0.204. The number of aromatic nitrogens is 2. The van der Waals surface area contributed by atoms with Crippen molar-refractivity contribution in [3.05, 3.63) is 21.2 Å². The minimum atomic E-state index is -0.156. The molecule has 2 heterocycles. The molecule has 0 atom stereocenters. The first-order valence-corrected chi connectivity index (χ1v) is 6.83. The van der Waals surface area contributed by atoms with Crippen LogP contribution < -0.4 is 10.5 Å². The molecule has 1 saturated heterocycles. The van der Waals surface area contributed by atoms with Crippen molar-refractivity contribution >= 4 is 21.7 Å². The molecule has 1 aliphatic rings. The lowest BCUT2D eigenvalue weighted by atomic mass is 10.3. The number of nitrogens with one attached hydrogen (secondary N) is 1. The number of hydrogen-bond acceptors (Lipinski definition) is 5. The molecule has 6 nitrogen and oxygen atoms in total. The minimum absolute atomic E-state index is 0.156. The normalized spacial score (nSPS) is 17.8. The molecule has 1 aliphatic heterocycles. The van der Waals surface area contributed by atoms with Crippen molar-refractivity contribution in [1.29, 1.82) is 0 Å². The van der Waals surface area contributed by atoms with Crippen molar-refractivity contribution in [1.82, 2.24) is 14.9 Å². The van der Waals surface area contributed by atoms with Crippen LogP contribution in [0.3, 0.4) is 0 Å². The summed E-state index contributed by atoms with van der Waals surface area (Å²) in [5.74, 6) is 0.699. The monoisotopic (exact) mass is 316 g/mol. The fourth-order valence-electron chi connectivity index (χ4n) is 2.14. The number of aliphatic hydroxyl groups excluding tert-OH is 1. The van der Waals surface area contributed by atoms with E-state index >= 15 is 0 Å². The van der Waals surface area contributed by atoms with Gasteiger partial charge < -0.3 is 15.0 Å². The van der Waals surface area contributed by atoms with Crippen LogP contribution in [0.4, 0.5) is 5.82 Å². The Morgan fingerprint density at radius 3 is 3.00 bits per heavy atom. The number of aromatic amines is 1. The topological polar surface area (TPSA) is 72.5 Å². The summed E-state index contributed by atoms with van der Waals surface area (Å²) in [7, 11) is 0. The molecule has 7 heteroatoms. The van der Waals surface area contributed by atoms with E-state index in [0.717, 1.165) is 32.6 Å². The third-order valence-corrected chi connectivity index (χ3v) is 3.80. The Balaban J connectivity index is 2.10. The Bertz CT molecular complexity index is 451. The van der Waals surface area contributed by atoms with Crippen LogP contribution in [0.5, 0.6) is 0 Å². The summed E-state index contributed by atoms with van der Waals surface area (Å²) in [6.07, 6.45) is 2.43. The molecular formula is C11H17BrN4O2. The Labute approximate surface area is 114 Å². The summed E-state index contributed by atoms with van der Waals surface area (Å²) in [5, 5.41) is 8.95. The molecule has 0 spiro atoms. The number of H-pyrrole nitrogens is 1. The van der Waals surface area contributed by atoms with Crippen LogP contribution in [-0.2, 0) is 0 Å². The molecule has 1 aromatic heterocycles. The van der Waals surface area contributed by atoms with Crippen molar-refractivity contribution in [2.75, 3.05) is 44.2 Å². The van der Waals surface area contributed by atoms with Crippen molar-refractivity contribution in [3.63, 3.8) is 0 Å². The summed E-state index contributed by atoms with van der Waals surface area (Å²) < 4.78 is 0.487. The second-order valence-corrected chi connectivity index (χ2v) is 5.07. The maximum atomic E-state index is 11.5. The fraction of sp³-hybridized carbons (Fsp3) is 0.636. The van der Waals surface area contributed by atoms with E-state index in [0.29, 0.717) is 16.8 Å². The van der Waals surface area contributed by atoms with E-state index in [4.69, 9.17) is 5.11 Å². The number of aliphatic hydroxyl groups is 1. The first-order chi connectivity index (χ1) is 8.72. The number of anilines is 1. The zero-order valence-electron chi connectivity index (χ0n) is 10.1. The summed E-state index contributed by atoms with van der Waals surface area (Å²) >= 11 is 3.29. The predicted molar refractivity (Wildman–Crippen MR) is 72.9 cm³/mol. The molecule has 1 aromatic rings. The average molecular weight is 317 g/mol. The maximum Gasteiger partial charge on any atom is 0.267 e. The first kappa shape index (κ1) is 13.5. The number of halogens is 1. The smallest absolute Gasteiger partial charge is 0.267 e. The van der Waals surface area contributed by atoms with Gasteiger partial charge in [-0.1, -0.05) is 0 Å². The number of nitrogens with zero attached hydrogens (tertiary/aromatic N) is 3. The molecule has 0 radical (unpaired) electrons. The van der Waals surface area contributed by atoms with Gasteiger partial charge in [-0.05, 0) is 28.9 Å². The Morgan fingerprint density at radius 2 is 2.22 bits per heavy atom.